The van der Waals surface area contributed by atoms with Crippen molar-refractivity contribution in [2.75, 3.05) is 39.3 Å². The number of nitrogens with zero attached hydrogens (tertiary/aromatic N) is 2. The van der Waals surface area contributed by atoms with E-state index in [2.05, 4.69) is 46.3 Å². The molecule has 0 aromatic heterocycles. The number of aryl methyl sites for hydroxylation is 1. The summed E-state index contributed by atoms with van der Waals surface area (Å²) in [5.41, 5.74) is 3.06. The largest absolute Gasteiger partial charge is 0.340 e. The molecule has 1 aliphatic carbocycles. The lowest BCUT2D eigenvalue weighted by molar-refractivity contribution is -0.135. The van der Waals surface area contributed by atoms with Crippen LogP contribution in [0.1, 0.15) is 30.4 Å². The van der Waals surface area contributed by atoms with Crippen LogP contribution in [0.3, 0.4) is 0 Å². The summed E-state index contributed by atoms with van der Waals surface area (Å²) in [4.78, 5) is 17.4. The van der Waals surface area contributed by atoms with E-state index in [-0.39, 0.29) is 0 Å². The van der Waals surface area contributed by atoms with Crippen molar-refractivity contribution in [1.82, 2.24) is 15.1 Å². The number of nitrogens with one attached hydrogen (secondary N) is 1. The number of rotatable bonds is 3. The summed E-state index contributed by atoms with van der Waals surface area (Å²) in [6, 6.07) is 8.75. The van der Waals surface area contributed by atoms with Crippen LogP contribution in [0.15, 0.2) is 24.3 Å². The first-order valence-electron chi connectivity index (χ1n) is 9.44. The van der Waals surface area contributed by atoms with Crippen LogP contribution in [-0.2, 0) is 11.3 Å². The molecule has 24 heavy (non-hydrogen) atoms. The molecule has 2 heterocycles. The van der Waals surface area contributed by atoms with Gasteiger partial charge in [0.1, 0.15) is 0 Å². The fourth-order valence-corrected chi connectivity index (χ4v) is 4.59. The average molecular weight is 327 g/mol. The van der Waals surface area contributed by atoms with Crippen LogP contribution in [0.2, 0.25) is 0 Å². The molecule has 1 unspecified atom stereocenters. The Bertz CT molecular complexity index is 601. The molecule has 3 fully saturated rings. The van der Waals surface area contributed by atoms with Gasteiger partial charge in [-0.05, 0) is 50.3 Å². The highest BCUT2D eigenvalue weighted by atomic mass is 16.2. The Morgan fingerprint density at radius 2 is 1.96 bits per heavy atom. The van der Waals surface area contributed by atoms with E-state index in [1.807, 2.05) is 0 Å². The summed E-state index contributed by atoms with van der Waals surface area (Å²) >= 11 is 0. The summed E-state index contributed by atoms with van der Waals surface area (Å²) in [6.07, 6.45) is 3.52. The quantitative estimate of drug-likeness (QED) is 0.923. The van der Waals surface area contributed by atoms with E-state index in [4.69, 9.17) is 0 Å². The van der Waals surface area contributed by atoms with Crippen LogP contribution < -0.4 is 5.32 Å². The van der Waals surface area contributed by atoms with E-state index in [0.29, 0.717) is 17.2 Å². The highest BCUT2D eigenvalue weighted by molar-refractivity contribution is 5.83. The fourth-order valence-electron chi connectivity index (χ4n) is 4.59. The van der Waals surface area contributed by atoms with Crippen LogP contribution in [-0.4, -0.2) is 55.0 Å². The smallest absolute Gasteiger partial charge is 0.226 e. The third kappa shape index (κ3) is 3.22. The highest BCUT2D eigenvalue weighted by Crippen LogP contribution is 2.59. The number of hydrogen-bond acceptors (Lipinski definition) is 3. The van der Waals surface area contributed by atoms with Crippen LogP contribution in [0, 0.1) is 18.3 Å². The van der Waals surface area contributed by atoms with Crippen LogP contribution >= 0.6 is 0 Å². The summed E-state index contributed by atoms with van der Waals surface area (Å²) in [5, 5.41) is 3.42. The molecule has 1 atom stereocenters. The number of piperazine rings is 1. The summed E-state index contributed by atoms with van der Waals surface area (Å²) in [5.74, 6) is 0.759. The zero-order chi connectivity index (χ0) is 16.6. The molecule has 1 amide bonds. The molecule has 2 aliphatic heterocycles. The van der Waals surface area contributed by atoms with Gasteiger partial charge in [0.05, 0.1) is 0 Å². The minimum atomic E-state index is 0.322. The maximum absolute atomic E-state index is 12.8. The Morgan fingerprint density at radius 3 is 2.67 bits per heavy atom. The van der Waals surface area contributed by atoms with Crippen molar-refractivity contribution in [3.05, 3.63) is 35.4 Å². The van der Waals surface area contributed by atoms with Gasteiger partial charge in [-0.2, -0.15) is 0 Å². The molecule has 1 aromatic rings. The summed E-state index contributed by atoms with van der Waals surface area (Å²) < 4.78 is 0. The lowest BCUT2D eigenvalue weighted by atomic mass is 9.91. The molecule has 130 valence electrons. The normalized spacial score (nSPS) is 26.5. The van der Waals surface area contributed by atoms with Gasteiger partial charge in [-0.25, -0.2) is 0 Å². The number of amides is 1. The maximum atomic E-state index is 12.8. The molecular weight excluding hydrogens is 298 g/mol. The fraction of sp³-hybridized carbons (Fsp3) is 0.650. The maximum Gasteiger partial charge on any atom is 0.226 e. The molecule has 3 aliphatic rings. The SMILES string of the molecule is Cc1cccc(CN2CCN(C(=O)C3CC34CCNCC4)CC2)c1. The number of carbonyl (C=O) groups is 1. The standard InChI is InChI=1S/C20H29N3O/c1-16-3-2-4-17(13-16)15-22-9-11-23(12-10-22)19(24)18-14-20(18)5-7-21-8-6-20/h2-4,13,18,21H,5-12,14-15H2,1H3. The topological polar surface area (TPSA) is 35.6 Å². The Kier molecular flexibility index (Phi) is 4.35. The Morgan fingerprint density at radius 1 is 1.21 bits per heavy atom. The van der Waals surface area contributed by atoms with Crippen LogP contribution in [0.25, 0.3) is 0 Å². The summed E-state index contributed by atoms with van der Waals surface area (Å²) in [6.45, 7) is 9.13. The molecule has 2 saturated heterocycles. The molecule has 0 bridgehead atoms. The molecule has 1 aromatic carbocycles. The first-order chi connectivity index (χ1) is 11.7. The van der Waals surface area contributed by atoms with Gasteiger partial charge in [0.25, 0.3) is 0 Å². The lowest BCUT2D eigenvalue weighted by Crippen LogP contribution is -2.49. The Labute approximate surface area is 145 Å². The second kappa shape index (κ2) is 6.49. The van der Waals surface area contributed by atoms with Gasteiger partial charge in [0.2, 0.25) is 5.91 Å². The predicted molar refractivity (Wildman–Crippen MR) is 95.7 cm³/mol. The van der Waals surface area contributed by atoms with E-state index in [1.165, 1.54) is 24.0 Å². The lowest BCUT2D eigenvalue weighted by Gasteiger charge is -2.35. The number of hydrogen-bond donors (Lipinski definition) is 1. The average Bonchev–Trinajstić information content (AvgIpc) is 3.28. The van der Waals surface area contributed by atoms with Crippen LogP contribution in [0.5, 0.6) is 0 Å². The van der Waals surface area contributed by atoms with Crippen molar-refractivity contribution in [2.24, 2.45) is 11.3 Å². The second-order valence-electron chi connectivity index (χ2n) is 7.96. The number of piperidine rings is 1. The molecule has 4 nitrogen and oxygen atoms in total. The minimum Gasteiger partial charge on any atom is -0.340 e. The van der Waals surface area contributed by atoms with Gasteiger partial charge in [-0.15, -0.1) is 0 Å². The Hall–Kier alpha value is -1.39. The van der Waals surface area contributed by atoms with Crippen molar-refractivity contribution in [3.8, 4) is 0 Å². The van der Waals surface area contributed by atoms with Crippen molar-refractivity contribution in [3.63, 3.8) is 0 Å². The molecule has 4 rings (SSSR count). The van der Waals surface area contributed by atoms with Crippen molar-refractivity contribution >= 4 is 5.91 Å². The van der Waals surface area contributed by atoms with Crippen molar-refractivity contribution in [1.29, 1.82) is 0 Å². The number of benzene rings is 1. The zero-order valence-electron chi connectivity index (χ0n) is 14.8. The molecule has 1 N–H and O–H groups in total. The number of carbonyl (C=O) groups excluding carboxylic acids is 1. The van der Waals surface area contributed by atoms with Crippen molar-refractivity contribution < 1.29 is 4.79 Å². The first-order valence-corrected chi connectivity index (χ1v) is 9.44. The zero-order valence-corrected chi connectivity index (χ0v) is 14.8. The van der Waals surface area contributed by atoms with Gasteiger partial charge in [0, 0.05) is 38.6 Å². The van der Waals surface area contributed by atoms with E-state index in [1.54, 1.807) is 0 Å². The van der Waals surface area contributed by atoms with Gasteiger partial charge in [0.15, 0.2) is 0 Å². The molecule has 4 heteroatoms. The van der Waals surface area contributed by atoms with Gasteiger partial charge in [-0.3, -0.25) is 9.69 Å². The van der Waals surface area contributed by atoms with E-state index in [0.717, 1.165) is 52.2 Å². The first kappa shape index (κ1) is 16.1. The third-order valence-electron chi connectivity index (χ3n) is 6.26. The monoisotopic (exact) mass is 327 g/mol. The van der Waals surface area contributed by atoms with Gasteiger partial charge >= 0.3 is 0 Å². The van der Waals surface area contributed by atoms with E-state index >= 15 is 0 Å². The third-order valence-corrected chi connectivity index (χ3v) is 6.26. The minimum absolute atomic E-state index is 0.322. The second-order valence-corrected chi connectivity index (χ2v) is 7.96. The predicted octanol–water partition coefficient (Wildman–Crippen LogP) is 2.03. The van der Waals surface area contributed by atoms with E-state index in [9.17, 15) is 4.79 Å². The highest BCUT2D eigenvalue weighted by Gasteiger charge is 2.58. The van der Waals surface area contributed by atoms with E-state index < -0.39 is 0 Å². The van der Waals surface area contributed by atoms with Gasteiger partial charge in [-0.1, -0.05) is 29.8 Å². The van der Waals surface area contributed by atoms with Gasteiger partial charge < -0.3 is 10.2 Å². The molecule has 1 saturated carbocycles. The molecule has 0 radical (unpaired) electrons. The summed E-state index contributed by atoms with van der Waals surface area (Å²) in [7, 11) is 0. The Balaban J connectivity index is 1.28. The molecule has 1 spiro atoms. The molecular formula is C20H29N3O. The van der Waals surface area contributed by atoms with Crippen molar-refractivity contribution in [2.45, 2.75) is 32.7 Å². The van der Waals surface area contributed by atoms with Crippen LogP contribution in [0.4, 0.5) is 0 Å².